The summed E-state index contributed by atoms with van der Waals surface area (Å²) in [7, 11) is 1.46. The lowest BCUT2D eigenvalue weighted by Gasteiger charge is -2.38. The number of benzene rings is 3. The van der Waals surface area contributed by atoms with Crippen molar-refractivity contribution in [2.75, 3.05) is 62.3 Å². The summed E-state index contributed by atoms with van der Waals surface area (Å²) in [5.74, 6) is -3.37. The van der Waals surface area contributed by atoms with Crippen molar-refractivity contribution in [2.45, 2.75) is 110 Å². The number of nitrogens with zero attached hydrogens (tertiary/aromatic N) is 3. The maximum atomic E-state index is 15.0. The van der Waals surface area contributed by atoms with Crippen molar-refractivity contribution in [1.82, 2.24) is 19.4 Å². The molecule has 2 aliphatic rings. The van der Waals surface area contributed by atoms with E-state index < -0.39 is 59.3 Å². The predicted molar refractivity (Wildman–Crippen MR) is 287 cm³/mol. The van der Waals surface area contributed by atoms with Crippen LogP contribution < -0.4 is 26.0 Å². The van der Waals surface area contributed by atoms with Crippen LogP contribution in [0.5, 0.6) is 11.5 Å². The van der Waals surface area contributed by atoms with Gasteiger partial charge in [-0.2, -0.15) is 0 Å². The summed E-state index contributed by atoms with van der Waals surface area (Å²) >= 11 is 2.63. The maximum absolute atomic E-state index is 15.0. The molecule has 3 aromatic carbocycles. The van der Waals surface area contributed by atoms with Crippen LogP contribution in [0.2, 0.25) is 0 Å². The Morgan fingerprint density at radius 1 is 0.947 bits per heavy atom. The van der Waals surface area contributed by atoms with Gasteiger partial charge in [0.2, 0.25) is 24.1 Å². The van der Waals surface area contributed by atoms with Crippen molar-refractivity contribution >= 4 is 82.7 Å². The van der Waals surface area contributed by atoms with E-state index in [1.807, 2.05) is 43.3 Å². The first-order chi connectivity index (χ1) is 35.6. The molecule has 0 radical (unpaired) electrons. The molecule has 1 atom stereocenters. The van der Waals surface area contributed by atoms with Gasteiger partial charge in [0.15, 0.2) is 23.0 Å². The number of carbonyl (C=O) groups is 7. The minimum Gasteiger partial charge on any atom is -0.503 e. The molecule has 404 valence electrons. The molecule has 2 aliphatic heterocycles. The zero-order chi connectivity index (χ0) is 54.6. The van der Waals surface area contributed by atoms with E-state index in [0.717, 1.165) is 54.1 Å². The van der Waals surface area contributed by atoms with Gasteiger partial charge in [-0.05, 0) is 120 Å². The number of carbonyl (C=O) groups excluding carboxylic acids is 7. The Morgan fingerprint density at radius 2 is 1.65 bits per heavy atom. The van der Waals surface area contributed by atoms with E-state index >= 15 is 4.39 Å². The highest BCUT2D eigenvalue weighted by Crippen LogP contribution is 2.48. The summed E-state index contributed by atoms with van der Waals surface area (Å²) in [5.41, 5.74) is 2.91. The first-order valence-electron chi connectivity index (χ1n) is 24.8. The van der Waals surface area contributed by atoms with Gasteiger partial charge in [-0.15, -0.1) is 11.3 Å². The van der Waals surface area contributed by atoms with Crippen LogP contribution in [0.4, 0.5) is 21.5 Å². The van der Waals surface area contributed by atoms with Crippen molar-refractivity contribution in [3.63, 3.8) is 0 Å². The van der Waals surface area contributed by atoms with Crippen LogP contribution in [0.1, 0.15) is 93.6 Å². The number of halogens is 1. The average Bonchev–Trinajstić information content (AvgIpc) is 3.67. The number of hydrogen-bond acceptors (Lipinski definition) is 16. The number of rotatable bonds is 23. The van der Waals surface area contributed by atoms with Gasteiger partial charge in [0.25, 0.3) is 0 Å². The molecule has 18 nitrogen and oxygen atoms in total. The molecule has 0 bridgehead atoms. The Bertz CT molecular complexity index is 2710. The van der Waals surface area contributed by atoms with E-state index in [-0.39, 0.29) is 73.0 Å². The van der Waals surface area contributed by atoms with Gasteiger partial charge in [-0.25, -0.2) is 14.0 Å². The molecule has 3 heterocycles. The molecular weight excluding hydrogens is 1010 g/mol. The average molecular weight is 1070 g/mol. The molecule has 1 unspecified atom stereocenters. The van der Waals surface area contributed by atoms with Crippen LogP contribution in [0.15, 0.2) is 60.7 Å². The number of ether oxygens (including phenoxy) is 3. The number of hydrogen-bond donors (Lipinski definition) is 5. The lowest BCUT2D eigenvalue weighted by molar-refractivity contribution is -0.157. The molecule has 21 heteroatoms. The van der Waals surface area contributed by atoms with Gasteiger partial charge >= 0.3 is 11.9 Å². The monoisotopic (exact) mass is 1070 g/mol. The van der Waals surface area contributed by atoms with E-state index in [1.54, 1.807) is 71.7 Å². The lowest BCUT2D eigenvalue weighted by atomic mass is 9.98. The topological polar surface area (TPSA) is 225 Å². The van der Waals surface area contributed by atoms with E-state index in [0.29, 0.717) is 40.1 Å². The fourth-order valence-electron chi connectivity index (χ4n) is 8.42. The highest BCUT2D eigenvalue weighted by molar-refractivity contribution is 7.96. The predicted octanol–water partition coefficient (Wildman–Crippen LogP) is 7.53. The molecular formula is C54H68FN7O11S2. The summed E-state index contributed by atoms with van der Waals surface area (Å²) in [6.07, 6.45) is 3.19. The van der Waals surface area contributed by atoms with E-state index in [4.69, 9.17) is 14.2 Å². The second-order valence-electron chi connectivity index (χ2n) is 20.4. The Labute approximate surface area is 445 Å². The summed E-state index contributed by atoms with van der Waals surface area (Å²) in [6.45, 7) is 13.6. The highest BCUT2D eigenvalue weighted by Gasteiger charge is 2.36. The molecule has 0 spiro atoms. The quantitative estimate of drug-likeness (QED) is 0.0275. The fourth-order valence-corrected chi connectivity index (χ4v) is 10.4. The minimum absolute atomic E-state index is 0.0232. The van der Waals surface area contributed by atoms with Crippen molar-refractivity contribution in [3.8, 4) is 21.9 Å². The normalized spacial score (nSPS) is 14.7. The summed E-state index contributed by atoms with van der Waals surface area (Å²) in [5, 5.41) is 23.4. The number of likely N-dealkylation sites (N-methyl/N-ethyl adjacent to an activating group) is 1. The number of anilines is 3. The van der Waals surface area contributed by atoms with Crippen molar-refractivity contribution < 1.29 is 57.3 Å². The zero-order valence-corrected chi connectivity index (χ0v) is 45.3. The van der Waals surface area contributed by atoms with Crippen LogP contribution >= 0.6 is 23.3 Å². The number of piperidine rings is 1. The number of nitrogens with one attached hydrogen (secondary N) is 4. The molecule has 1 aromatic heterocycles. The number of aromatic hydroxyl groups is 1. The number of likely N-dealkylation sites (tertiary alicyclic amines) is 1. The van der Waals surface area contributed by atoms with Gasteiger partial charge in [0.1, 0.15) is 29.3 Å². The third kappa shape index (κ3) is 16.1. The van der Waals surface area contributed by atoms with E-state index in [9.17, 15) is 38.7 Å². The molecule has 4 amide bonds. The number of thiophene rings is 1. The van der Waals surface area contributed by atoms with Crippen LogP contribution in [0.3, 0.4) is 0 Å². The lowest BCUT2D eigenvalue weighted by Crippen LogP contribution is -2.55. The molecule has 75 heavy (non-hydrogen) atoms. The maximum Gasteiger partial charge on any atom is 0.352 e. The number of amides is 4. The molecule has 2 saturated heterocycles. The van der Waals surface area contributed by atoms with E-state index in [2.05, 4.69) is 25.6 Å². The van der Waals surface area contributed by atoms with Gasteiger partial charge in [-0.1, -0.05) is 42.3 Å². The van der Waals surface area contributed by atoms with Crippen LogP contribution in [0, 0.1) is 18.7 Å². The smallest absolute Gasteiger partial charge is 0.352 e. The second kappa shape index (κ2) is 25.7. The zero-order valence-electron chi connectivity index (χ0n) is 43.7. The Morgan fingerprint density at radius 3 is 2.32 bits per heavy atom. The summed E-state index contributed by atoms with van der Waals surface area (Å²) in [4.78, 5) is 91.3. The number of aryl methyl sites for hydroxylation is 1. The van der Waals surface area contributed by atoms with Crippen LogP contribution in [-0.4, -0.2) is 131 Å². The Hall–Kier alpha value is -6.71. The van der Waals surface area contributed by atoms with Crippen molar-refractivity contribution in [3.05, 3.63) is 88.0 Å². The fraction of sp³-hybridized carbons (Fsp3) is 0.463. The van der Waals surface area contributed by atoms with Gasteiger partial charge in [-0.3, -0.25) is 23.5 Å². The SMILES string of the molecule is CNC(=O)C(CCC=O)N(C=O)Cc1c(C)cccc1NCC(=O)N1CC(C(=O)Nc2cc(CSN3CCC(Nc4cccc(-c5sc(C(=O)OC(C)(C)C)c(OCC(=O)OC(C)(C)C)c5O)c4)CC3)ccc2F)C1. The van der Waals surface area contributed by atoms with Crippen LogP contribution in [-0.2, 0) is 50.5 Å². The number of aldehydes is 1. The van der Waals surface area contributed by atoms with Gasteiger partial charge in [0.05, 0.1) is 23.0 Å². The third-order valence-corrected chi connectivity index (χ3v) is 14.6. The number of esters is 2. The first-order valence-corrected chi connectivity index (χ1v) is 26.6. The van der Waals surface area contributed by atoms with Crippen molar-refractivity contribution in [2.24, 2.45) is 5.92 Å². The van der Waals surface area contributed by atoms with Crippen molar-refractivity contribution in [1.29, 1.82) is 0 Å². The van der Waals surface area contributed by atoms with Gasteiger partial charge < -0.3 is 55.2 Å². The van der Waals surface area contributed by atoms with Crippen LogP contribution in [0.25, 0.3) is 10.4 Å². The highest BCUT2D eigenvalue weighted by atomic mass is 32.2. The second-order valence-corrected chi connectivity index (χ2v) is 22.5. The Kier molecular flexibility index (Phi) is 19.7. The largest absolute Gasteiger partial charge is 0.503 e. The molecule has 0 aliphatic carbocycles. The molecule has 0 saturated carbocycles. The third-order valence-electron chi connectivity index (χ3n) is 12.3. The molecule has 5 N–H and O–H groups in total. The standard InChI is InChI=1S/C54H68FN7O11S2/c1-33-12-9-15-41(39(33)29-61(32-64)43(16-11-23-63)51(69)56-8)57-26-44(65)60-27-36(28-60)50(68)59-42-24-34(17-18-40(42)55)31-74-62-21-19-37(20-22-62)58-38-14-10-13-35(25-38)48-46(67)47(71-30-45(66)72-53(2,3)4)49(75-48)52(70)73-54(5,6)7/h9-10,12-15,17-18,23-25,32,36-37,43,57-58,67H,11,16,19-22,26-31H2,1-8H3,(H,56,69)(H,59,68). The summed E-state index contributed by atoms with van der Waals surface area (Å²) < 4.78 is 34.0. The molecule has 4 aromatic rings. The molecule has 2 fully saturated rings. The minimum atomic E-state index is -0.856. The van der Waals surface area contributed by atoms with E-state index in [1.165, 1.54) is 22.9 Å². The summed E-state index contributed by atoms with van der Waals surface area (Å²) in [6, 6.07) is 16.9. The Balaban J connectivity index is 0.968. The molecule has 6 rings (SSSR count). The first kappa shape index (κ1) is 57.6. The van der Waals surface area contributed by atoms with Gasteiger partial charge in [0, 0.05) is 69.4 Å².